The Morgan fingerprint density at radius 3 is 2.70 bits per heavy atom. The molecule has 2 aliphatic rings. The van der Waals surface area contributed by atoms with Crippen LogP contribution < -0.4 is 5.32 Å². The van der Waals surface area contributed by atoms with Gasteiger partial charge in [-0.15, -0.1) is 0 Å². The molecule has 8 heteroatoms. The van der Waals surface area contributed by atoms with Crippen LogP contribution in [0.1, 0.15) is 30.7 Å². The van der Waals surface area contributed by atoms with Crippen molar-refractivity contribution >= 4 is 28.7 Å². The summed E-state index contributed by atoms with van der Waals surface area (Å²) in [6.07, 6.45) is 0.945. The van der Waals surface area contributed by atoms with E-state index in [1.54, 1.807) is 36.9 Å². The molecule has 0 spiro atoms. The summed E-state index contributed by atoms with van der Waals surface area (Å²) in [4.78, 5) is 45.6. The minimum absolute atomic E-state index is 0.202. The average molecular weight is 448 g/mol. The largest absolute Gasteiger partial charge is 0.356 e. The minimum Gasteiger partial charge on any atom is -0.356 e. The maximum atomic E-state index is 13.8. The van der Waals surface area contributed by atoms with Crippen LogP contribution >= 0.6 is 0 Å². The van der Waals surface area contributed by atoms with Crippen molar-refractivity contribution in [2.24, 2.45) is 0 Å². The van der Waals surface area contributed by atoms with Crippen molar-refractivity contribution in [3.8, 4) is 0 Å². The molecule has 2 aromatic carbocycles. The lowest BCUT2D eigenvalue weighted by molar-refractivity contribution is -0.139. The molecular weight excluding hydrogens is 423 g/mol. The van der Waals surface area contributed by atoms with Gasteiger partial charge in [-0.25, -0.2) is 14.1 Å². The number of amides is 4. The maximum Gasteiger partial charge on any atom is 0.328 e. The first-order valence-electron chi connectivity index (χ1n) is 11.1. The van der Waals surface area contributed by atoms with Crippen molar-refractivity contribution in [3.63, 3.8) is 0 Å². The van der Waals surface area contributed by atoms with Gasteiger partial charge in [0.05, 0.1) is 5.69 Å². The molecule has 5 rings (SSSR count). The third-order valence-corrected chi connectivity index (χ3v) is 6.92. The van der Waals surface area contributed by atoms with Crippen LogP contribution in [0, 0.1) is 5.82 Å². The number of imide groups is 1. The molecule has 0 bridgehead atoms. The molecule has 0 radical (unpaired) electrons. The highest BCUT2D eigenvalue weighted by atomic mass is 19.1. The average Bonchev–Trinajstić information content (AvgIpc) is 3.28. The maximum absolute atomic E-state index is 13.8. The monoisotopic (exact) mass is 448 g/mol. The molecule has 2 aliphatic heterocycles. The van der Waals surface area contributed by atoms with Crippen LogP contribution in [0.2, 0.25) is 0 Å². The second-order valence-corrected chi connectivity index (χ2v) is 8.76. The molecular formula is C25H25FN4O3. The Morgan fingerprint density at radius 2 is 1.91 bits per heavy atom. The van der Waals surface area contributed by atoms with Gasteiger partial charge in [0.15, 0.2) is 5.54 Å². The number of nitrogens with one attached hydrogen (secondary N) is 2. The Bertz CT molecular complexity index is 1290. The van der Waals surface area contributed by atoms with Gasteiger partial charge >= 0.3 is 6.03 Å². The van der Waals surface area contributed by atoms with E-state index in [2.05, 4.69) is 10.3 Å². The van der Waals surface area contributed by atoms with Gasteiger partial charge in [-0.05, 0) is 49.9 Å². The van der Waals surface area contributed by atoms with Crippen molar-refractivity contribution in [3.05, 3.63) is 71.2 Å². The second-order valence-electron chi connectivity index (χ2n) is 8.76. The number of urea groups is 1. The van der Waals surface area contributed by atoms with E-state index in [0.717, 1.165) is 21.4 Å². The van der Waals surface area contributed by atoms with Crippen molar-refractivity contribution in [2.75, 3.05) is 13.1 Å². The standard InChI is InChI=1S/C25H25FN4O3/c1-15(22(31)27-13-11-16-7-3-5-9-19(16)26)30-23(32)25(2)21-18(12-14-29(25)24(30)33)17-8-4-6-10-20(17)28-21/h3-10,15,28H,11-14H2,1-2H3,(H,27,31)/t15-,25-/m0/s1. The van der Waals surface area contributed by atoms with Gasteiger partial charge in [-0.2, -0.15) is 0 Å². The normalized spacial score (nSPS) is 20.7. The summed E-state index contributed by atoms with van der Waals surface area (Å²) in [5.41, 5.74) is 1.97. The quantitative estimate of drug-likeness (QED) is 0.589. The molecule has 1 aromatic heterocycles. The zero-order chi connectivity index (χ0) is 23.3. The van der Waals surface area contributed by atoms with Crippen molar-refractivity contribution in [1.82, 2.24) is 20.1 Å². The first-order chi connectivity index (χ1) is 15.8. The number of hydrogen-bond acceptors (Lipinski definition) is 3. The van der Waals surface area contributed by atoms with Gasteiger partial charge in [0.25, 0.3) is 5.91 Å². The van der Waals surface area contributed by atoms with E-state index in [9.17, 15) is 18.8 Å². The molecule has 0 saturated carbocycles. The van der Waals surface area contributed by atoms with Crippen molar-refractivity contribution in [2.45, 2.75) is 38.3 Å². The highest BCUT2D eigenvalue weighted by molar-refractivity contribution is 6.10. The summed E-state index contributed by atoms with van der Waals surface area (Å²) >= 11 is 0. The van der Waals surface area contributed by atoms with Gasteiger partial charge in [-0.3, -0.25) is 9.59 Å². The first kappa shape index (κ1) is 21.2. The Labute approximate surface area is 190 Å². The van der Waals surface area contributed by atoms with E-state index in [-0.39, 0.29) is 12.4 Å². The number of benzene rings is 2. The number of para-hydroxylation sites is 1. The van der Waals surface area contributed by atoms with Crippen LogP contribution in [0.4, 0.5) is 9.18 Å². The van der Waals surface area contributed by atoms with Crippen LogP contribution in [-0.4, -0.2) is 51.8 Å². The summed E-state index contributed by atoms with van der Waals surface area (Å²) in [6.45, 7) is 3.88. The number of H-pyrrole nitrogens is 1. The molecule has 7 nitrogen and oxygen atoms in total. The number of carbonyl (C=O) groups excluding carboxylic acids is 3. The number of hydrogen-bond donors (Lipinski definition) is 2. The van der Waals surface area contributed by atoms with Gasteiger partial charge in [0, 0.05) is 24.0 Å². The fourth-order valence-corrected chi connectivity index (χ4v) is 5.05. The Balaban J connectivity index is 1.36. The Morgan fingerprint density at radius 1 is 1.18 bits per heavy atom. The molecule has 4 amide bonds. The van der Waals surface area contributed by atoms with E-state index in [1.165, 1.54) is 6.07 Å². The molecule has 2 N–H and O–H groups in total. The van der Waals surface area contributed by atoms with Crippen molar-refractivity contribution < 1.29 is 18.8 Å². The van der Waals surface area contributed by atoms with Crippen LogP contribution in [0.15, 0.2) is 48.5 Å². The lowest BCUT2D eigenvalue weighted by Crippen LogP contribution is -2.50. The molecule has 3 aromatic rings. The molecule has 2 atom stereocenters. The number of carbonyl (C=O) groups is 3. The van der Waals surface area contributed by atoms with Crippen LogP contribution in [-0.2, 0) is 28.0 Å². The molecule has 170 valence electrons. The zero-order valence-corrected chi connectivity index (χ0v) is 18.5. The molecule has 3 heterocycles. The summed E-state index contributed by atoms with van der Waals surface area (Å²) in [5.74, 6) is -1.20. The number of fused-ring (bicyclic) bond motifs is 5. The number of aromatic amines is 1. The lowest BCUT2D eigenvalue weighted by Gasteiger charge is -2.36. The fourth-order valence-electron chi connectivity index (χ4n) is 5.05. The van der Waals surface area contributed by atoms with E-state index in [4.69, 9.17) is 0 Å². The molecule has 0 unspecified atom stereocenters. The van der Waals surface area contributed by atoms with E-state index < -0.39 is 29.4 Å². The number of halogens is 1. The minimum atomic E-state index is -1.19. The summed E-state index contributed by atoms with van der Waals surface area (Å²) in [6, 6.07) is 12.8. The topological polar surface area (TPSA) is 85.5 Å². The van der Waals surface area contributed by atoms with E-state index >= 15 is 0 Å². The van der Waals surface area contributed by atoms with Gasteiger partial charge in [-0.1, -0.05) is 36.4 Å². The predicted molar refractivity (Wildman–Crippen MR) is 121 cm³/mol. The third-order valence-electron chi connectivity index (χ3n) is 6.92. The van der Waals surface area contributed by atoms with Crippen molar-refractivity contribution in [1.29, 1.82) is 0 Å². The zero-order valence-electron chi connectivity index (χ0n) is 18.5. The smallest absolute Gasteiger partial charge is 0.328 e. The fraction of sp³-hybridized carbons (Fsp3) is 0.320. The van der Waals surface area contributed by atoms with Gasteiger partial charge in [0.1, 0.15) is 11.9 Å². The third kappa shape index (κ3) is 3.12. The van der Waals surface area contributed by atoms with E-state index in [0.29, 0.717) is 30.6 Å². The SMILES string of the molecule is C[C@@H](C(=O)NCCc1ccccc1F)N1C(=O)N2CCc3c([nH]c4ccccc34)[C@@]2(C)C1=O. The summed E-state index contributed by atoms with van der Waals surface area (Å²) < 4.78 is 13.8. The number of aromatic nitrogens is 1. The second kappa shape index (κ2) is 7.72. The molecule has 33 heavy (non-hydrogen) atoms. The molecule has 0 aliphatic carbocycles. The first-order valence-corrected chi connectivity index (χ1v) is 11.1. The van der Waals surface area contributed by atoms with Crippen LogP contribution in [0.3, 0.4) is 0 Å². The highest BCUT2D eigenvalue weighted by Crippen LogP contribution is 2.44. The van der Waals surface area contributed by atoms with Crippen LogP contribution in [0.25, 0.3) is 10.9 Å². The number of nitrogens with zero attached hydrogens (tertiary/aromatic N) is 2. The van der Waals surface area contributed by atoms with E-state index in [1.807, 2.05) is 24.3 Å². The van der Waals surface area contributed by atoms with Crippen LogP contribution in [0.5, 0.6) is 0 Å². The summed E-state index contributed by atoms with van der Waals surface area (Å²) in [5, 5.41) is 3.78. The van der Waals surface area contributed by atoms with Gasteiger partial charge in [0.2, 0.25) is 5.91 Å². The Kier molecular flexibility index (Phi) is 4.96. The lowest BCUT2D eigenvalue weighted by atomic mass is 9.87. The summed E-state index contributed by atoms with van der Waals surface area (Å²) in [7, 11) is 0. The predicted octanol–water partition coefficient (Wildman–Crippen LogP) is 3.09. The Hall–Kier alpha value is -3.68. The number of rotatable bonds is 5. The van der Waals surface area contributed by atoms with Gasteiger partial charge < -0.3 is 15.2 Å². The molecule has 1 saturated heterocycles. The highest BCUT2D eigenvalue weighted by Gasteiger charge is 2.60. The molecule has 1 fully saturated rings.